The highest BCUT2D eigenvalue weighted by Crippen LogP contribution is 2.49. The van der Waals surface area contributed by atoms with Crippen molar-refractivity contribution in [2.24, 2.45) is 10.9 Å². The van der Waals surface area contributed by atoms with E-state index in [1.165, 1.54) is 104 Å². The molecule has 2 heterocycles. The zero-order valence-electron chi connectivity index (χ0n) is 35.3. The van der Waals surface area contributed by atoms with Crippen LogP contribution < -0.4 is 0 Å². The van der Waals surface area contributed by atoms with Crippen LogP contribution in [0.3, 0.4) is 0 Å². The maximum atomic E-state index is 6.90. The van der Waals surface area contributed by atoms with Crippen molar-refractivity contribution in [1.82, 2.24) is 0 Å². The monoisotopic (exact) mass is 807 g/mol. The topological polar surface area (TPSA) is 25.5 Å². The van der Waals surface area contributed by atoms with Crippen LogP contribution in [0.2, 0.25) is 0 Å². The Hall–Kier alpha value is -7.29. The van der Waals surface area contributed by atoms with Gasteiger partial charge in [0, 0.05) is 33.9 Å². The molecule has 63 heavy (non-hydrogen) atoms. The predicted octanol–water partition coefficient (Wildman–Crippen LogP) is 16.3. The van der Waals surface area contributed by atoms with E-state index in [1.54, 1.807) is 0 Å². The second-order valence-corrected chi connectivity index (χ2v) is 18.1. The molecule has 1 aliphatic carbocycles. The van der Waals surface area contributed by atoms with Crippen molar-refractivity contribution < 1.29 is 4.42 Å². The molecule has 1 aromatic heterocycles. The molecule has 4 atom stereocenters. The molecule has 10 aromatic carbocycles. The van der Waals surface area contributed by atoms with Gasteiger partial charge in [0.25, 0.3) is 0 Å². The highest BCUT2D eigenvalue weighted by atomic mass is 16.3. The van der Waals surface area contributed by atoms with E-state index in [4.69, 9.17) is 9.41 Å². The molecule has 300 valence electrons. The van der Waals surface area contributed by atoms with Crippen LogP contribution in [0.5, 0.6) is 0 Å². The van der Waals surface area contributed by atoms with Gasteiger partial charge in [-0.15, -0.1) is 0 Å². The Balaban J connectivity index is 0.998. The molecule has 2 heteroatoms. The lowest BCUT2D eigenvalue weighted by molar-refractivity contribution is 0.510. The maximum absolute atomic E-state index is 6.90. The molecule has 0 radical (unpaired) electrons. The summed E-state index contributed by atoms with van der Waals surface area (Å²) in [7, 11) is 0. The van der Waals surface area contributed by atoms with Crippen molar-refractivity contribution in [3.63, 3.8) is 0 Å². The van der Waals surface area contributed by atoms with Gasteiger partial charge >= 0.3 is 0 Å². The Bertz CT molecular complexity index is 3660. The van der Waals surface area contributed by atoms with Gasteiger partial charge in [-0.3, -0.25) is 4.99 Å². The molecule has 11 aromatic rings. The molecule has 0 saturated heterocycles. The molecule has 0 saturated carbocycles. The number of hydrogen-bond donors (Lipinski definition) is 0. The van der Waals surface area contributed by atoms with Gasteiger partial charge in [-0.1, -0.05) is 177 Å². The van der Waals surface area contributed by atoms with Crippen LogP contribution in [0.4, 0.5) is 0 Å². The van der Waals surface area contributed by atoms with E-state index in [9.17, 15) is 0 Å². The minimum Gasteiger partial charge on any atom is -0.456 e. The number of para-hydroxylation sites is 1. The summed E-state index contributed by atoms with van der Waals surface area (Å²) in [5, 5.41) is 12.6. The first-order valence-electron chi connectivity index (χ1n) is 22.7. The van der Waals surface area contributed by atoms with Gasteiger partial charge in [0.15, 0.2) is 0 Å². The Labute approximate surface area is 367 Å². The Morgan fingerprint density at radius 2 is 1.11 bits per heavy atom. The maximum Gasteiger partial charge on any atom is 0.136 e. The fraction of sp³-hybridized carbons (Fsp3) is 0.131. The van der Waals surface area contributed by atoms with Gasteiger partial charge in [0.2, 0.25) is 0 Å². The Morgan fingerprint density at radius 3 is 1.98 bits per heavy atom. The van der Waals surface area contributed by atoms with E-state index in [2.05, 4.69) is 201 Å². The quantitative estimate of drug-likeness (QED) is 0.163. The van der Waals surface area contributed by atoms with E-state index in [-0.39, 0.29) is 23.8 Å². The molecule has 1 aliphatic heterocycles. The normalized spacial score (nSPS) is 18.8. The van der Waals surface area contributed by atoms with Gasteiger partial charge < -0.3 is 4.42 Å². The van der Waals surface area contributed by atoms with Gasteiger partial charge in [0.1, 0.15) is 11.2 Å². The summed E-state index contributed by atoms with van der Waals surface area (Å²) in [5.74, 6) is 0.499. The Morgan fingerprint density at radius 1 is 0.444 bits per heavy atom. The summed E-state index contributed by atoms with van der Waals surface area (Å²) in [6.07, 6.45) is 2.87. The first kappa shape index (κ1) is 36.4. The van der Waals surface area contributed by atoms with Crippen LogP contribution in [-0.2, 0) is 6.42 Å². The average molecular weight is 808 g/mol. The van der Waals surface area contributed by atoms with Gasteiger partial charge in [0.05, 0.1) is 6.04 Å². The fourth-order valence-electron chi connectivity index (χ4n) is 11.6. The molecule has 2 aliphatic rings. The first-order chi connectivity index (χ1) is 31.1. The SMILES string of the molecule is C[C@@H]1C(c2cccc3ccccc23)=NC(c2ccc3c(ccc4ccccc43)c2)CCC1c1cc([C@@H]2Cc3cc4ccccc4cc3-c3ccccc32)cc2oc3ccccc3c12. The van der Waals surface area contributed by atoms with E-state index in [1.807, 2.05) is 0 Å². The molecule has 0 N–H and O–H groups in total. The molecule has 0 bridgehead atoms. The summed E-state index contributed by atoms with van der Waals surface area (Å²) in [5.41, 5.74) is 13.8. The molecule has 2 nitrogen and oxygen atoms in total. The molecular weight excluding hydrogens is 763 g/mol. The third kappa shape index (κ3) is 5.89. The van der Waals surface area contributed by atoms with E-state index >= 15 is 0 Å². The van der Waals surface area contributed by atoms with Crippen LogP contribution >= 0.6 is 0 Å². The lowest BCUT2D eigenvalue weighted by Crippen LogP contribution is -2.21. The van der Waals surface area contributed by atoms with Crippen molar-refractivity contribution in [3.8, 4) is 11.1 Å². The molecular formula is C61H45NO. The second-order valence-electron chi connectivity index (χ2n) is 18.1. The number of furan rings is 1. The number of aliphatic imine (C=N–C) groups is 1. The van der Waals surface area contributed by atoms with Gasteiger partial charge in [-0.25, -0.2) is 0 Å². The van der Waals surface area contributed by atoms with Crippen LogP contribution in [0.25, 0.3) is 76.2 Å². The third-order valence-electron chi connectivity index (χ3n) is 14.7. The molecule has 0 spiro atoms. The predicted molar refractivity (Wildman–Crippen MR) is 264 cm³/mol. The molecule has 0 fully saturated rings. The largest absolute Gasteiger partial charge is 0.456 e. The van der Waals surface area contributed by atoms with Crippen LogP contribution in [0.15, 0.2) is 204 Å². The minimum absolute atomic E-state index is 0.0126. The smallest absolute Gasteiger partial charge is 0.136 e. The lowest BCUT2D eigenvalue weighted by atomic mass is 9.73. The van der Waals surface area contributed by atoms with Crippen LogP contribution in [-0.4, -0.2) is 5.71 Å². The number of fused-ring (bicyclic) bond motifs is 11. The van der Waals surface area contributed by atoms with E-state index in [0.29, 0.717) is 0 Å². The highest BCUT2D eigenvalue weighted by molar-refractivity contribution is 6.13. The van der Waals surface area contributed by atoms with Crippen LogP contribution in [0, 0.1) is 5.92 Å². The summed E-state index contributed by atoms with van der Waals surface area (Å²) in [6.45, 7) is 2.44. The van der Waals surface area contributed by atoms with Crippen molar-refractivity contribution in [2.45, 2.75) is 44.1 Å². The summed E-state index contributed by atoms with van der Waals surface area (Å²) >= 11 is 0. The average Bonchev–Trinajstić information content (AvgIpc) is 3.63. The second kappa shape index (κ2) is 14.4. The molecule has 13 rings (SSSR count). The van der Waals surface area contributed by atoms with Gasteiger partial charge in [-0.05, 0) is 131 Å². The zero-order chi connectivity index (χ0) is 41.6. The van der Waals surface area contributed by atoms with Crippen molar-refractivity contribution in [3.05, 3.63) is 228 Å². The third-order valence-corrected chi connectivity index (χ3v) is 14.7. The van der Waals surface area contributed by atoms with Gasteiger partial charge in [-0.2, -0.15) is 0 Å². The Kier molecular flexibility index (Phi) is 8.31. The number of rotatable bonds is 4. The van der Waals surface area contributed by atoms with Crippen molar-refractivity contribution in [1.29, 1.82) is 0 Å². The minimum atomic E-state index is 0.0126. The van der Waals surface area contributed by atoms with Crippen molar-refractivity contribution >= 4 is 70.7 Å². The summed E-state index contributed by atoms with van der Waals surface area (Å²) in [4.78, 5) is 5.91. The number of hydrogen-bond acceptors (Lipinski definition) is 2. The van der Waals surface area contributed by atoms with Crippen LogP contribution in [0.1, 0.15) is 71.0 Å². The first-order valence-corrected chi connectivity index (χ1v) is 22.7. The number of nitrogens with zero attached hydrogens (tertiary/aromatic N) is 1. The lowest BCUT2D eigenvalue weighted by Gasteiger charge is -2.30. The summed E-state index contributed by atoms with van der Waals surface area (Å²) < 4.78 is 6.90. The number of benzene rings is 10. The van der Waals surface area contributed by atoms with E-state index < -0.39 is 0 Å². The van der Waals surface area contributed by atoms with Crippen molar-refractivity contribution in [2.75, 3.05) is 0 Å². The molecule has 0 amide bonds. The standard InChI is InChI=1S/C61H45NO/c1-37-46(29-30-57(62-61(37)52-23-12-17-38-13-4-7-19-48(38)52)43-27-28-49-42(32-43)26-25-39-14-5-6-18-47(39)49)56-35-45(36-59-60(56)53-22-10-11-24-58(53)63-59)55-34-44-31-40-15-2-3-16-41(40)33-54(44)50-20-8-9-21-51(50)55/h2-28,31-33,35-37,46,55,57H,29-30,34H2,1H3/t37-,46?,55-,57?/m0/s1. The molecule has 2 unspecified atom stereocenters. The fourth-order valence-corrected chi connectivity index (χ4v) is 11.6. The summed E-state index contributed by atoms with van der Waals surface area (Å²) in [6, 6.07) is 72.3. The highest BCUT2D eigenvalue weighted by Gasteiger charge is 2.35. The zero-order valence-corrected chi connectivity index (χ0v) is 35.3. The van der Waals surface area contributed by atoms with E-state index in [0.717, 1.165) is 30.4 Å².